The molecule has 0 saturated carbocycles. The topological polar surface area (TPSA) is 43.4 Å². The van der Waals surface area contributed by atoms with Crippen LogP contribution in [0.5, 0.6) is 11.6 Å². The molecule has 1 heterocycles. The summed E-state index contributed by atoms with van der Waals surface area (Å²) in [6.45, 7) is 3.12. The van der Waals surface area contributed by atoms with Crippen molar-refractivity contribution in [2.45, 2.75) is 13.5 Å². The summed E-state index contributed by atoms with van der Waals surface area (Å²) in [5.41, 5.74) is 1.82. The van der Waals surface area contributed by atoms with E-state index in [0.717, 1.165) is 11.4 Å². The first-order valence-corrected chi connectivity index (χ1v) is 6.77. The van der Waals surface area contributed by atoms with Crippen molar-refractivity contribution in [3.63, 3.8) is 0 Å². The number of halogens is 1. The quantitative estimate of drug-likeness (QED) is 0.880. The van der Waals surface area contributed by atoms with Gasteiger partial charge in [0, 0.05) is 11.8 Å². The second kappa shape index (κ2) is 7.01. The van der Waals surface area contributed by atoms with E-state index in [-0.39, 0.29) is 0 Å². The molecule has 1 aromatic carbocycles. The molecule has 2 aromatic rings. The second-order valence-corrected chi connectivity index (χ2v) is 4.51. The molecule has 0 aliphatic rings. The smallest absolute Gasteiger partial charge is 0.213 e. The third-order valence-corrected chi connectivity index (χ3v) is 2.99. The van der Waals surface area contributed by atoms with Crippen molar-refractivity contribution in [1.82, 2.24) is 4.98 Å². The van der Waals surface area contributed by atoms with Crippen LogP contribution < -0.4 is 14.8 Å². The number of benzene rings is 1. The minimum atomic E-state index is 0.593. The maximum absolute atomic E-state index is 6.14. The summed E-state index contributed by atoms with van der Waals surface area (Å²) in [6.07, 6.45) is 0. The van der Waals surface area contributed by atoms with Crippen molar-refractivity contribution in [3.05, 3.63) is 47.1 Å². The molecule has 0 unspecified atom stereocenters. The van der Waals surface area contributed by atoms with E-state index in [9.17, 15) is 0 Å². The van der Waals surface area contributed by atoms with Crippen molar-refractivity contribution in [1.29, 1.82) is 0 Å². The number of nitrogens with zero attached hydrogens (tertiary/aromatic N) is 1. The van der Waals surface area contributed by atoms with Gasteiger partial charge in [0.1, 0.15) is 5.75 Å². The normalized spacial score (nSPS) is 10.2. The lowest BCUT2D eigenvalue weighted by Crippen LogP contribution is -2.02. The molecule has 106 valence electrons. The predicted octanol–water partition coefficient (Wildman–Crippen LogP) is 3.75. The molecule has 2 rings (SSSR count). The van der Waals surface area contributed by atoms with Crippen LogP contribution in [0, 0.1) is 0 Å². The SMILES string of the molecule is CCOc1ccc(NCc2cccc(OC)n2)cc1Cl. The summed E-state index contributed by atoms with van der Waals surface area (Å²) in [4.78, 5) is 4.33. The zero-order valence-electron chi connectivity index (χ0n) is 11.5. The van der Waals surface area contributed by atoms with Gasteiger partial charge in [-0.1, -0.05) is 17.7 Å². The zero-order valence-corrected chi connectivity index (χ0v) is 12.3. The third-order valence-electron chi connectivity index (χ3n) is 2.70. The van der Waals surface area contributed by atoms with Crippen LogP contribution in [0.2, 0.25) is 5.02 Å². The highest BCUT2D eigenvalue weighted by Crippen LogP contribution is 2.27. The molecule has 0 fully saturated rings. The molecule has 0 aliphatic heterocycles. The van der Waals surface area contributed by atoms with Gasteiger partial charge in [-0.25, -0.2) is 4.98 Å². The monoisotopic (exact) mass is 292 g/mol. The Kier molecular flexibility index (Phi) is 5.07. The lowest BCUT2D eigenvalue weighted by Gasteiger charge is -2.10. The minimum absolute atomic E-state index is 0.593. The Balaban J connectivity index is 2.01. The maximum Gasteiger partial charge on any atom is 0.213 e. The first-order chi connectivity index (χ1) is 9.72. The molecule has 0 saturated heterocycles. The Hall–Kier alpha value is -1.94. The molecular weight excluding hydrogens is 276 g/mol. The van der Waals surface area contributed by atoms with Gasteiger partial charge < -0.3 is 14.8 Å². The van der Waals surface area contributed by atoms with Gasteiger partial charge in [0.15, 0.2) is 0 Å². The Labute approximate surface area is 123 Å². The van der Waals surface area contributed by atoms with Gasteiger partial charge in [0.25, 0.3) is 0 Å². The average molecular weight is 293 g/mol. The number of pyridine rings is 1. The molecule has 20 heavy (non-hydrogen) atoms. The number of methoxy groups -OCH3 is 1. The molecular formula is C15H17ClN2O2. The first kappa shape index (κ1) is 14.5. The van der Waals surface area contributed by atoms with Crippen molar-refractivity contribution >= 4 is 17.3 Å². The highest BCUT2D eigenvalue weighted by molar-refractivity contribution is 6.32. The lowest BCUT2D eigenvalue weighted by atomic mass is 10.3. The van der Waals surface area contributed by atoms with Gasteiger partial charge in [0.05, 0.1) is 31.0 Å². The van der Waals surface area contributed by atoms with Crippen LogP contribution in [-0.2, 0) is 6.54 Å². The third kappa shape index (κ3) is 3.78. The number of nitrogens with one attached hydrogen (secondary N) is 1. The number of ether oxygens (including phenoxy) is 2. The van der Waals surface area contributed by atoms with Crippen molar-refractivity contribution in [2.75, 3.05) is 19.0 Å². The summed E-state index contributed by atoms with van der Waals surface area (Å²) in [5.74, 6) is 1.30. The van der Waals surface area contributed by atoms with Gasteiger partial charge in [-0.2, -0.15) is 0 Å². The van der Waals surface area contributed by atoms with E-state index < -0.39 is 0 Å². The van der Waals surface area contributed by atoms with E-state index in [1.807, 2.05) is 43.3 Å². The minimum Gasteiger partial charge on any atom is -0.492 e. The molecule has 0 spiro atoms. The van der Waals surface area contributed by atoms with Crippen LogP contribution in [0.25, 0.3) is 0 Å². The molecule has 0 atom stereocenters. The summed E-state index contributed by atoms with van der Waals surface area (Å²) in [7, 11) is 1.60. The number of rotatable bonds is 6. The van der Waals surface area contributed by atoms with Crippen molar-refractivity contribution in [3.8, 4) is 11.6 Å². The Morgan fingerprint density at radius 2 is 2.10 bits per heavy atom. The molecule has 0 aliphatic carbocycles. The number of hydrogen-bond donors (Lipinski definition) is 1. The highest BCUT2D eigenvalue weighted by Gasteiger charge is 2.03. The largest absolute Gasteiger partial charge is 0.492 e. The zero-order chi connectivity index (χ0) is 14.4. The van der Waals surface area contributed by atoms with E-state index in [1.165, 1.54) is 0 Å². The Bertz CT molecular complexity index is 576. The van der Waals surface area contributed by atoms with Gasteiger partial charge in [-0.05, 0) is 31.2 Å². The van der Waals surface area contributed by atoms with Crippen LogP contribution in [0.3, 0.4) is 0 Å². The maximum atomic E-state index is 6.14. The van der Waals surface area contributed by atoms with E-state index in [0.29, 0.717) is 29.8 Å². The second-order valence-electron chi connectivity index (χ2n) is 4.10. The van der Waals surface area contributed by atoms with E-state index in [4.69, 9.17) is 21.1 Å². The van der Waals surface area contributed by atoms with E-state index in [1.54, 1.807) is 7.11 Å². The number of anilines is 1. The van der Waals surface area contributed by atoms with Crippen LogP contribution in [0.15, 0.2) is 36.4 Å². The van der Waals surface area contributed by atoms with Crippen LogP contribution in [0.4, 0.5) is 5.69 Å². The summed E-state index contributed by atoms with van der Waals surface area (Å²) in [6, 6.07) is 11.3. The lowest BCUT2D eigenvalue weighted by molar-refractivity contribution is 0.340. The summed E-state index contributed by atoms with van der Waals surface area (Å²) in [5, 5.41) is 3.86. The average Bonchev–Trinajstić information content (AvgIpc) is 2.48. The van der Waals surface area contributed by atoms with E-state index in [2.05, 4.69) is 10.3 Å². The highest BCUT2D eigenvalue weighted by atomic mass is 35.5. The van der Waals surface area contributed by atoms with Gasteiger partial charge in [0.2, 0.25) is 5.88 Å². The predicted molar refractivity (Wildman–Crippen MR) is 80.7 cm³/mol. The van der Waals surface area contributed by atoms with Crippen molar-refractivity contribution in [2.24, 2.45) is 0 Å². The van der Waals surface area contributed by atoms with Crippen LogP contribution >= 0.6 is 11.6 Å². The molecule has 1 aromatic heterocycles. The fourth-order valence-corrected chi connectivity index (χ4v) is 1.98. The Morgan fingerprint density at radius 3 is 2.80 bits per heavy atom. The van der Waals surface area contributed by atoms with Crippen LogP contribution in [-0.4, -0.2) is 18.7 Å². The Morgan fingerprint density at radius 1 is 1.25 bits per heavy atom. The van der Waals surface area contributed by atoms with Gasteiger partial charge in [-0.15, -0.1) is 0 Å². The van der Waals surface area contributed by atoms with E-state index >= 15 is 0 Å². The molecule has 0 amide bonds. The molecule has 0 radical (unpaired) electrons. The van der Waals surface area contributed by atoms with Gasteiger partial charge in [-0.3, -0.25) is 0 Å². The van der Waals surface area contributed by atoms with Gasteiger partial charge >= 0.3 is 0 Å². The summed E-state index contributed by atoms with van der Waals surface area (Å²) >= 11 is 6.14. The molecule has 1 N–H and O–H groups in total. The summed E-state index contributed by atoms with van der Waals surface area (Å²) < 4.78 is 10.5. The number of aromatic nitrogens is 1. The fraction of sp³-hybridized carbons (Fsp3) is 0.267. The molecule has 0 bridgehead atoms. The molecule has 4 nitrogen and oxygen atoms in total. The molecule has 5 heteroatoms. The fourth-order valence-electron chi connectivity index (χ4n) is 1.75. The standard InChI is InChI=1S/C15H17ClN2O2/c1-3-20-14-8-7-11(9-13(14)16)17-10-12-5-4-6-15(18-12)19-2/h4-9,17H,3,10H2,1-2H3. The first-order valence-electron chi connectivity index (χ1n) is 6.39. The van der Waals surface area contributed by atoms with Crippen LogP contribution in [0.1, 0.15) is 12.6 Å². The van der Waals surface area contributed by atoms with Crippen molar-refractivity contribution < 1.29 is 9.47 Å². The number of hydrogen-bond acceptors (Lipinski definition) is 4.